The van der Waals surface area contributed by atoms with E-state index in [9.17, 15) is 13.2 Å². The first-order valence-corrected chi connectivity index (χ1v) is 9.01. The molecule has 0 spiro atoms. The molecule has 5 nitrogen and oxygen atoms in total. The van der Waals surface area contributed by atoms with Crippen molar-refractivity contribution in [1.29, 1.82) is 0 Å². The SMILES string of the molecule is C[C@H](NS(=O)(=O)CCNC(=O)c1ccccc1)c1ccccc1. The molecule has 2 aromatic carbocycles. The van der Waals surface area contributed by atoms with E-state index < -0.39 is 10.0 Å². The van der Waals surface area contributed by atoms with E-state index >= 15 is 0 Å². The van der Waals surface area contributed by atoms with E-state index in [1.807, 2.05) is 36.4 Å². The lowest BCUT2D eigenvalue weighted by Gasteiger charge is -2.14. The van der Waals surface area contributed by atoms with Crippen LogP contribution < -0.4 is 10.0 Å². The Labute approximate surface area is 136 Å². The zero-order chi connectivity index (χ0) is 16.7. The number of carbonyl (C=O) groups is 1. The first-order chi connectivity index (χ1) is 11.0. The summed E-state index contributed by atoms with van der Waals surface area (Å²) in [7, 11) is -3.47. The van der Waals surface area contributed by atoms with Gasteiger partial charge in [0.05, 0.1) is 5.75 Å². The molecule has 0 aromatic heterocycles. The van der Waals surface area contributed by atoms with Gasteiger partial charge in [-0.25, -0.2) is 13.1 Å². The fourth-order valence-corrected chi connectivity index (χ4v) is 3.29. The van der Waals surface area contributed by atoms with Crippen molar-refractivity contribution < 1.29 is 13.2 Å². The molecule has 0 unspecified atom stereocenters. The predicted octanol–water partition coefficient (Wildman–Crippen LogP) is 2.10. The Morgan fingerprint density at radius 3 is 2.17 bits per heavy atom. The minimum Gasteiger partial charge on any atom is -0.351 e. The van der Waals surface area contributed by atoms with Crippen LogP contribution in [0.5, 0.6) is 0 Å². The predicted molar refractivity (Wildman–Crippen MR) is 90.6 cm³/mol. The normalized spacial score (nSPS) is 12.6. The van der Waals surface area contributed by atoms with Gasteiger partial charge in [0.25, 0.3) is 5.91 Å². The summed E-state index contributed by atoms with van der Waals surface area (Å²) in [6.07, 6.45) is 0. The van der Waals surface area contributed by atoms with Gasteiger partial charge in [0.1, 0.15) is 0 Å². The number of nitrogens with one attached hydrogen (secondary N) is 2. The molecule has 0 bridgehead atoms. The molecular formula is C17H20N2O3S. The number of hydrogen-bond donors (Lipinski definition) is 2. The van der Waals surface area contributed by atoms with Crippen LogP contribution in [0.4, 0.5) is 0 Å². The highest BCUT2D eigenvalue weighted by Gasteiger charge is 2.16. The maximum Gasteiger partial charge on any atom is 0.251 e. The highest BCUT2D eigenvalue weighted by atomic mass is 32.2. The van der Waals surface area contributed by atoms with Crippen LogP contribution in [0.15, 0.2) is 60.7 Å². The Morgan fingerprint density at radius 2 is 1.57 bits per heavy atom. The number of carbonyl (C=O) groups excluding carboxylic acids is 1. The van der Waals surface area contributed by atoms with Crippen molar-refractivity contribution in [1.82, 2.24) is 10.0 Å². The highest BCUT2D eigenvalue weighted by molar-refractivity contribution is 7.89. The first kappa shape index (κ1) is 17.2. The third kappa shape index (κ3) is 5.50. The zero-order valence-electron chi connectivity index (χ0n) is 12.9. The molecule has 122 valence electrons. The lowest BCUT2D eigenvalue weighted by atomic mass is 10.1. The lowest BCUT2D eigenvalue weighted by Crippen LogP contribution is -2.35. The lowest BCUT2D eigenvalue weighted by molar-refractivity contribution is 0.0956. The van der Waals surface area contributed by atoms with Crippen LogP contribution in [0.1, 0.15) is 28.9 Å². The molecule has 0 saturated carbocycles. The van der Waals surface area contributed by atoms with Gasteiger partial charge in [-0.2, -0.15) is 0 Å². The second-order valence-electron chi connectivity index (χ2n) is 5.19. The summed E-state index contributed by atoms with van der Waals surface area (Å²) in [5.41, 5.74) is 1.40. The Morgan fingerprint density at radius 1 is 1.00 bits per heavy atom. The van der Waals surface area contributed by atoms with Gasteiger partial charge in [0.15, 0.2) is 0 Å². The Balaban J connectivity index is 1.83. The number of benzene rings is 2. The van der Waals surface area contributed by atoms with E-state index in [1.165, 1.54) is 0 Å². The fourth-order valence-electron chi connectivity index (χ4n) is 2.13. The van der Waals surface area contributed by atoms with Crippen LogP contribution in [-0.4, -0.2) is 26.6 Å². The molecule has 0 aliphatic carbocycles. The third-order valence-electron chi connectivity index (χ3n) is 3.35. The number of rotatable bonds is 7. The van der Waals surface area contributed by atoms with Gasteiger partial charge in [-0.15, -0.1) is 0 Å². The monoisotopic (exact) mass is 332 g/mol. The highest BCUT2D eigenvalue weighted by Crippen LogP contribution is 2.12. The third-order valence-corrected chi connectivity index (χ3v) is 4.80. The summed E-state index contributed by atoms with van der Waals surface area (Å²) < 4.78 is 26.7. The minimum absolute atomic E-state index is 0.0601. The van der Waals surface area contributed by atoms with E-state index in [4.69, 9.17) is 0 Å². The standard InChI is InChI=1S/C17H20N2O3S/c1-14(15-8-4-2-5-9-15)19-23(21,22)13-12-18-17(20)16-10-6-3-7-11-16/h2-11,14,19H,12-13H2,1H3,(H,18,20)/t14-/m0/s1. The molecule has 1 atom stereocenters. The number of sulfonamides is 1. The molecule has 0 heterocycles. The summed E-state index contributed by atoms with van der Waals surface area (Å²) in [4.78, 5) is 11.8. The average molecular weight is 332 g/mol. The van der Waals surface area contributed by atoms with Gasteiger partial charge in [0.2, 0.25) is 10.0 Å². The van der Waals surface area contributed by atoms with Gasteiger partial charge < -0.3 is 5.32 Å². The van der Waals surface area contributed by atoms with Crippen molar-refractivity contribution >= 4 is 15.9 Å². The van der Waals surface area contributed by atoms with Crippen LogP contribution in [0, 0.1) is 0 Å². The summed E-state index contributed by atoms with van der Waals surface area (Å²) in [5, 5.41) is 2.61. The number of hydrogen-bond acceptors (Lipinski definition) is 3. The molecule has 23 heavy (non-hydrogen) atoms. The van der Waals surface area contributed by atoms with E-state index in [1.54, 1.807) is 31.2 Å². The van der Waals surface area contributed by atoms with Crippen molar-refractivity contribution in [2.24, 2.45) is 0 Å². The molecule has 0 fully saturated rings. The average Bonchev–Trinajstić information content (AvgIpc) is 2.55. The van der Waals surface area contributed by atoms with Gasteiger partial charge in [-0.1, -0.05) is 48.5 Å². The molecule has 6 heteroatoms. The minimum atomic E-state index is -3.47. The first-order valence-electron chi connectivity index (χ1n) is 7.36. The van der Waals surface area contributed by atoms with Crippen molar-refractivity contribution in [3.63, 3.8) is 0 Å². The summed E-state index contributed by atoms with van der Waals surface area (Å²) in [6, 6.07) is 17.7. The molecule has 2 rings (SSSR count). The van der Waals surface area contributed by atoms with Crippen LogP contribution in [-0.2, 0) is 10.0 Å². The van der Waals surface area contributed by atoms with Crippen LogP contribution >= 0.6 is 0 Å². The summed E-state index contributed by atoms with van der Waals surface area (Å²) in [5.74, 6) is -0.445. The summed E-state index contributed by atoms with van der Waals surface area (Å²) >= 11 is 0. The Kier molecular flexibility index (Phi) is 5.90. The maximum atomic E-state index is 12.1. The fraction of sp³-hybridized carbons (Fsp3) is 0.235. The topological polar surface area (TPSA) is 75.3 Å². The molecule has 1 amide bonds. The number of amides is 1. The molecule has 2 N–H and O–H groups in total. The molecule has 0 aliphatic heterocycles. The van der Waals surface area contributed by atoms with Gasteiger partial charge >= 0.3 is 0 Å². The van der Waals surface area contributed by atoms with Crippen LogP contribution in [0.3, 0.4) is 0 Å². The van der Waals surface area contributed by atoms with Gasteiger partial charge in [0, 0.05) is 18.2 Å². The quantitative estimate of drug-likeness (QED) is 0.815. The van der Waals surface area contributed by atoms with Crippen molar-refractivity contribution in [2.45, 2.75) is 13.0 Å². The maximum absolute atomic E-state index is 12.1. The molecule has 2 aromatic rings. The molecule has 0 saturated heterocycles. The van der Waals surface area contributed by atoms with Crippen molar-refractivity contribution in [3.05, 3.63) is 71.8 Å². The van der Waals surface area contributed by atoms with Gasteiger partial charge in [-0.3, -0.25) is 4.79 Å². The van der Waals surface area contributed by atoms with Gasteiger partial charge in [-0.05, 0) is 24.6 Å². The van der Waals surface area contributed by atoms with E-state index in [0.29, 0.717) is 5.56 Å². The molecule has 0 radical (unpaired) electrons. The Bertz CT molecular complexity index is 731. The second kappa shape index (κ2) is 7.89. The van der Waals surface area contributed by atoms with Crippen LogP contribution in [0.2, 0.25) is 0 Å². The molecular weight excluding hydrogens is 312 g/mol. The zero-order valence-corrected chi connectivity index (χ0v) is 13.7. The summed E-state index contributed by atoms with van der Waals surface area (Å²) in [6.45, 7) is 1.85. The van der Waals surface area contributed by atoms with E-state index in [2.05, 4.69) is 10.0 Å². The molecule has 0 aliphatic rings. The van der Waals surface area contributed by atoms with Crippen molar-refractivity contribution in [2.75, 3.05) is 12.3 Å². The largest absolute Gasteiger partial charge is 0.351 e. The smallest absolute Gasteiger partial charge is 0.251 e. The Hall–Kier alpha value is -2.18. The van der Waals surface area contributed by atoms with Crippen molar-refractivity contribution in [3.8, 4) is 0 Å². The van der Waals surface area contributed by atoms with Crippen LogP contribution in [0.25, 0.3) is 0 Å². The van der Waals surface area contributed by atoms with E-state index in [-0.39, 0.29) is 24.2 Å². The second-order valence-corrected chi connectivity index (χ2v) is 7.06. The van der Waals surface area contributed by atoms with E-state index in [0.717, 1.165) is 5.56 Å².